The van der Waals surface area contributed by atoms with Crippen molar-refractivity contribution in [2.75, 3.05) is 0 Å². The third kappa shape index (κ3) is 7.28. The van der Waals surface area contributed by atoms with Crippen LogP contribution in [0.2, 0.25) is 0 Å². The average Bonchev–Trinajstić information content (AvgIpc) is 3.05. The molecule has 0 spiro atoms. The molecule has 0 saturated heterocycles. The van der Waals surface area contributed by atoms with Gasteiger partial charge in [0.05, 0.1) is 0 Å². The largest absolute Gasteiger partial charge is 0.305 e. The molecule has 0 aliphatic carbocycles. The summed E-state index contributed by atoms with van der Waals surface area (Å²) in [7, 11) is 0. The van der Waals surface area contributed by atoms with E-state index in [1.54, 1.807) is 0 Å². The van der Waals surface area contributed by atoms with Crippen molar-refractivity contribution < 1.29 is 20.1 Å². The summed E-state index contributed by atoms with van der Waals surface area (Å²) in [5.41, 5.74) is 10.2. The smallest absolute Gasteiger partial charge is 0.0190 e. The van der Waals surface area contributed by atoms with Gasteiger partial charge in [-0.05, 0) is 62.5 Å². The monoisotopic (exact) mass is 761 g/mol. The minimum atomic E-state index is 0. The van der Waals surface area contributed by atoms with Gasteiger partial charge < -0.3 is 9.97 Å². The first-order chi connectivity index (χ1) is 21.3. The fraction of sp³-hybridized carbons (Fsp3) is 0.143. The van der Waals surface area contributed by atoms with Crippen LogP contribution in [0, 0.1) is 26.0 Å². The average molecular weight is 761 g/mol. The molecule has 7 rings (SSSR count). The Bertz CT molecular complexity index is 1990. The Kier molecular flexibility index (Phi) is 9.73. The molecule has 225 valence electrons. The van der Waals surface area contributed by atoms with E-state index in [0.29, 0.717) is 0 Å². The molecule has 0 aliphatic rings. The van der Waals surface area contributed by atoms with Crippen LogP contribution in [0.1, 0.15) is 37.5 Å². The summed E-state index contributed by atoms with van der Waals surface area (Å²) in [6.45, 7) is 10.8. The third-order valence-corrected chi connectivity index (χ3v) is 7.95. The van der Waals surface area contributed by atoms with Crippen LogP contribution in [0.5, 0.6) is 0 Å². The number of pyridine rings is 2. The van der Waals surface area contributed by atoms with Gasteiger partial charge in [-0.3, -0.25) is 0 Å². The Labute approximate surface area is 280 Å². The number of aryl methyl sites for hydroxylation is 2. The zero-order chi connectivity index (χ0) is 30.7. The SMILES string of the molecule is CC(C)(C)c1ccnc(-c2[c-]cc(-c3cc4ccccc4c4ccccc34)cc2)c1.Cc1c[c-]c(-c2ccc(C)cn2)cc1.[Ir]. The molecule has 0 aliphatic heterocycles. The van der Waals surface area contributed by atoms with Gasteiger partial charge in [0.15, 0.2) is 0 Å². The van der Waals surface area contributed by atoms with E-state index in [0.717, 1.165) is 22.5 Å². The number of nitrogens with zero attached hydrogens (tertiary/aromatic N) is 2. The van der Waals surface area contributed by atoms with E-state index in [1.807, 2.05) is 37.5 Å². The maximum atomic E-state index is 4.59. The first kappa shape index (κ1) is 32.0. The number of hydrogen-bond acceptors (Lipinski definition) is 2. The topological polar surface area (TPSA) is 25.8 Å². The Morgan fingerprint density at radius 1 is 0.578 bits per heavy atom. The molecule has 2 nitrogen and oxygen atoms in total. The Morgan fingerprint density at radius 2 is 1.24 bits per heavy atom. The molecule has 0 bridgehead atoms. The molecule has 45 heavy (non-hydrogen) atoms. The molecule has 0 unspecified atom stereocenters. The normalized spacial score (nSPS) is 11.0. The van der Waals surface area contributed by atoms with Gasteiger partial charge in [-0.15, -0.1) is 65.2 Å². The first-order valence-electron chi connectivity index (χ1n) is 15.1. The molecule has 0 N–H and O–H groups in total. The van der Waals surface area contributed by atoms with E-state index in [4.69, 9.17) is 0 Å². The predicted octanol–water partition coefficient (Wildman–Crippen LogP) is 11.0. The zero-order valence-corrected chi connectivity index (χ0v) is 28.7. The van der Waals surface area contributed by atoms with Crippen molar-refractivity contribution in [3.63, 3.8) is 0 Å². The molecule has 0 atom stereocenters. The van der Waals surface area contributed by atoms with Crippen molar-refractivity contribution in [2.45, 2.75) is 40.0 Å². The standard InChI is InChI=1S/C29H24N.C13H12N.Ir/c1-29(2,3)23-16-17-30-28(19-23)21-14-12-20(13-15-21)27-18-22-8-4-5-9-24(22)25-10-6-7-11-26(25)27;1-10-3-6-12(7-4-10)13-8-5-11(2)9-14-13;/h4-14,16-19H,1-3H3;3-6,8-9H,1-2H3;/q2*-1;. The number of aromatic nitrogens is 2. The summed E-state index contributed by atoms with van der Waals surface area (Å²) in [6, 6.07) is 47.1. The second kappa shape index (κ2) is 13.7. The van der Waals surface area contributed by atoms with E-state index in [-0.39, 0.29) is 25.5 Å². The second-order valence-electron chi connectivity index (χ2n) is 12.4. The fourth-order valence-corrected chi connectivity index (χ4v) is 5.38. The summed E-state index contributed by atoms with van der Waals surface area (Å²) in [4.78, 5) is 8.93. The molecule has 2 heterocycles. The second-order valence-corrected chi connectivity index (χ2v) is 12.4. The van der Waals surface area contributed by atoms with Crippen LogP contribution in [-0.4, -0.2) is 9.97 Å². The van der Waals surface area contributed by atoms with Gasteiger partial charge in [0.2, 0.25) is 0 Å². The van der Waals surface area contributed by atoms with E-state index < -0.39 is 0 Å². The number of rotatable bonds is 3. The van der Waals surface area contributed by atoms with Crippen molar-refractivity contribution in [1.29, 1.82) is 0 Å². The van der Waals surface area contributed by atoms with Gasteiger partial charge in [0.25, 0.3) is 0 Å². The van der Waals surface area contributed by atoms with Crippen LogP contribution in [0.25, 0.3) is 55.2 Å². The first-order valence-corrected chi connectivity index (χ1v) is 15.1. The van der Waals surface area contributed by atoms with Crippen molar-refractivity contribution in [1.82, 2.24) is 9.97 Å². The van der Waals surface area contributed by atoms with E-state index in [9.17, 15) is 0 Å². The summed E-state index contributed by atoms with van der Waals surface area (Å²) < 4.78 is 0. The van der Waals surface area contributed by atoms with Crippen LogP contribution in [0.15, 0.2) is 128 Å². The fourth-order valence-electron chi connectivity index (χ4n) is 5.38. The minimum absolute atomic E-state index is 0. The molecule has 1 radical (unpaired) electrons. The van der Waals surface area contributed by atoms with Crippen LogP contribution < -0.4 is 0 Å². The number of benzene rings is 5. The summed E-state index contributed by atoms with van der Waals surface area (Å²) in [6.07, 6.45) is 3.78. The maximum Gasteiger partial charge on any atom is 0.0190 e. The van der Waals surface area contributed by atoms with Crippen LogP contribution in [-0.2, 0) is 25.5 Å². The van der Waals surface area contributed by atoms with Crippen LogP contribution in [0.3, 0.4) is 0 Å². The summed E-state index contributed by atoms with van der Waals surface area (Å²) in [5.74, 6) is 0. The quantitative estimate of drug-likeness (QED) is 0.132. The van der Waals surface area contributed by atoms with E-state index in [2.05, 4.69) is 147 Å². The summed E-state index contributed by atoms with van der Waals surface area (Å²) in [5, 5.41) is 5.11. The Balaban J connectivity index is 0.000000225. The number of hydrogen-bond donors (Lipinski definition) is 0. The molecule has 0 saturated carbocycles. The zero-order valence-electron chi connectivity index (χ0n) is 26.4. The van der Waals surface area contributed by atoms with Crippen molar-refractivity contribution in [2.24, 2.45) is 0 Å². The minimum Gasteiger partial charge on any atom is -0.305 e. The van der Waals surface area contributed by atoms with Crippen LogP contribution >= 0.6 is 0 Å². The molecule has 0 fully saturated rings. The van der Waals surface area contributed by atoms with Gasteiger partial charge in [0, 0.05) is 32.5 Å². The van der Waals surface area contributed by atoms with Crippen molar-refractivity contribution >= 4 is 21.5 Å². The Hall–Kier alpha value is -4.43. The maximum absolute atomic E-state index is 4.59. The van der Waals surface area contributed by atoms with Gasteiger partial charge >= 0.3 is 0 Å². The summed E-state index contributed by atoms with van der Waals surface area (Å²) >= 11 is 0. The van der Waals surface area contributed by atoms with Crippen molar-refractivity contribution in [3.8, 4) is 33.6 Å². The number of fused-ring (bicyclic) bond motifs is 3. The van der Waals surface area contributed by atoms with Crippen LogP contribution in [0.4, 0.5) is 0 Å². The molecule has 7 aromatic rings. The molecular weight excluding hydrogens is 725 g/mol. The molecular formula is C42H36IrN2-2. The van der Waals surface area contributed by atoms with E-state index >= 15 is 0 Å². The predicted molar refractivity (Wildman–Crippen MR) is 186 cm³/mol. The molecule has 2 aromatic heterocycles. The van der Waals surface area contributed by atoms with E-state index in [1.165, 1.54) is 49.4 Å². The van der Waals surface area contributed by atoms with Gasteiger partial charge in [-0.1, -0.05) is 112 Å². The van der Waals surface area contributed by atoms with Gasteiger partial charge in [-0.25, -0.2) is 0 Å². The third-order valence-electron chi connectivity index (χ3n) is 7.95. The molecule has 5 aromatic carbocycles. The molecule has 3 heteroatoms. The molecule has 0 amide bonds. The Morgan fingerprint density at radius 3 is 1.91 bits per heavy atom. The van der Waals surface area contributed by atoms with Gasteiger partial charge in [0.1, 0.15) is 0 Å². The van der Waals surface area contributed by atoms with Crippen molar-refractivity contribution in [3.05, 3.63) is 156 Å². The van der Waals surface area contributed by atoms with Gasteiger partial charge in [-0.2, -0.15) is 0 Å².